The van der Waals surface area contributed by atoms with E-state index in [1.807, 2.05) is 37.6 Å². The van der Waals surface area contributed by atoms with Crippen LogP contribution in [0.1, 0.15) is 31.2 Å². The summed E-state index contributed by atoms with van der Waals surface area (Å²) in [5.41, 5.74) is 4.59. The first-order valence-electron chi connectivity index (χ1n) is 13.3. The number of hydrogen-bond donors (Lipinski definition) is 2. The highest BCUT2D eigenvalue weighted by atomic mass is 32.2. The summed E-state index contributed by atoms with van der Waals surface area (Å²) < 4.78 is 27.3. The fourth-order valence-corrected chi connectivity index (χ4v) is 7.31. The normalized spacial score (nSPS) is 22.7. The third kappa shape index (κ3) is 4.08. The van der Waals surface area contributed by atoms with Crippen LogP contribution in [0.4, 0.5) is 17.2 Å². The van der Waals surface area contributed by atoms with Gasteiger partial charge in [0.1, 0.15) is 0 Å². The van der Waals surface area contributed by atoms with Crippen LogP contribution in [0.2, 0.25) is 0 Å². The number of aromatic nitrogens is 2. The van der Waals surface area contributed by atoms with Crippen LogP contribution >= 0.6 is 0 Å². The molecule has 3 aromatic rings. The van der Waals surface area contributed by atoms with Gasteiger partial charge in [-0.1, -0.05) is 12.5 Å². The molecule has 12 heteroatoms. The number of likely N-dealkylation sites (N-methyl/N-ethyl adjacent to an activating group) is 2. The molecule has 5 aliphatic rings. The maximum atomic E-state index is 13.2. The first-order valence-corrected chi connectivity index (χ1v) is 15.2. The summed E-state index contributed by atoms with van der Waals surface area (Å²) in [6.07, 6.45) is 8.74. The number of carboxylic acid groups (broad SMARTS) is 1. The molecule has 2 aromatic heterocycles. The van der Waals surface area contributed by atoms with Crippen molar-refractivity contribution in [2.75, 3.05) is 48.0 Å². The highest BCUT2D eigenvalue weighted by Crippen LogP contribution is 2.55. The Hall–Kier alpha value is -3.77. The summed E-state index contributed by atoms with van der Waals surface area (Å²) in [6, 6.07) is 8.87. The Morgan fingerprint density at radius 3 is 2.38 bits per heavy atom. The van der Waals surface area contributed by atoms with Crippen molar-refractivity contribution in [3.05, 3.63) is 42.2 Å². The van der Waals surface area contributed by atoms with E-state index in [1.165, 1.54) is 12.7 Å². The molecule has 2 unspecified atom stereocenters. The topological polar surface area (TPSA) is 136 Å². The number of carbonyl (C=O) groups excluding carboxylic acids is 1. The Morgan fingerprint density at radius 2 is 1.77 bits per heavy atom. The van der Waals surface area contributed by atoms with Crippen molar-refractivity contribution >= 4 is 50.5 Å². The lowest BCUT2D eigenvalue weighted by atomic mass is 9.64. The first-order chi connectivity index (χ1) is 19.1. The molecule has 40 heavy (non-hydrogen) atoms. The molecule has 1 aromatic carbocycles. The molecule has 1 aliphatic carbocycles. The lowest BCUT2D eigenvalue weighted by molar-refractivity contribution is -0.125. The molecule has 4 aliphatic heterocycles. The summed E-state index contributed by atoms with van der Waals surface area (Å²) in [6.45, 7) is 1.41. The van der Waals surface area contributed by atoms with E-state index in [0.717, 1.165) is 65.6 Å². The number of nitrogens with zero attached hydrogens (tertiary/aromatic N) is 5. The summed E-state index contributed by atoms with van der Waals surface area (Å²) in [5, 5.41) is 7.87. The Morgan fingerprint density at radius 1 is 1.07 bits per heavy atom. The van der Waals surface area contributed by atoms with Gasteiger partial charge >= 0.3 is 0 Å². The second-order valence-corrected chi connectivity index (χ2v) is 13.0. The van der Waals surface area contributed by atoms with Crippen LogP contribution in [0.3, 0.4) is 0 Å². The second-order valence-electron chi connectivity index (χ2n) is 11.2. The lowest BCUT2D eigenvalue weighted by Gasteiger charge is -2.55. The summed E-state index contributed by atoms with van der Waals surface area (Å²) >= 11 is 0. The zero-order chi connectivity index (χ0) is 28.4. The smallest absolute Gasteiger partial charge is 0.290 e. The van der Waals surface area contributed by atoms with Gasteiger partial charge in [0.2, 0.25) is 15.9 Å². The molecule has 1 spiro atoms. The minimum absolute atomic E-state index is 0.157. The first kappa shape index (κ1) is 26.5. The maximum absolute atomic E-state index is 13.2. The molecule has 0 radical (unpaired) electrons. The van der Waals surface area contributed by atoms with Crippen molar-refractivity contribution in [1.82, 2.24) is 14.9 Å². The van der Waals surface area contributed by atoms with Gasteiger partial charge in [-0.2, -0.15) is 0 Å². The molecule has 8 rings (SSSR count). The molecule has 11 nitrogen and oxygen atoms in total. The van der Waals surface area contributed by atoms with Crippen LogP contribution in [0.25, 0.3) is 22.0 Å². The highest BCUT2D eigenvalue weighted by molar-refractivity contribution is 7.92. The SMILES string of the molecule is CN1C(=O)C2(CCC2)c2c1cnc1ccc(-c3cnc(N4CC5CC(C4)N5C)c(NS(C)(=O)=O)c3)cc21.O=CO. The molecule has 2 bridgehead atoms. The van der Waals surface area contributed by atoms with E-state index in [2.05, 4.69) is 32.6 Å². The van der Waals surface area contributed by atoms with Gasteiger partial charge in [-0.25, -0.2) is 13.4 Å². The molecule has 1 amide bonds. The summed E-state index contributed by atoms with van der Waals surface area (Å²) in [4.78, 5) is 37.3. The van der Waals surface area contributed by atoms with Crippen molar-refractivity contribution in [2.45, 2.75) is 43.2 Å². The fourth-order valence-electron chi connectivity index (χ4n) is 6.76. The van der Waals surface area contributed by atoms with Crippen LogP contribution < -0.4 is 14.5 Å². The van der Waals surface area contributed by atoms with E-state index in [0.29, 0.717) is 23.6 Å². The predicted octanol–water partition coefficient (Wildman–Crippen LogP) is 2.66. The zero-order valence-corrected chi connectivity index (χ0v) is 23.5. The van der Waals surface area contributed by atoms with Crippen LogP contribution in [0.5, 0.6) is 0 Å². The van der Waals surface area contributed by atoms with Crippen molar-refractivity contribution < 1.29 is 23.1 Å². The van der Waals surface area contributed by atoms with Gasteiger partial charge in [-0.15, -0.1) is 0 Å². The highest BCUT2D eigenvalue weighted by Gasteiger charge is 2.54. The largest absolute Gasteiger partial charge is 0.483 e. The lowest BCUT2D eigenvalue weighted by Crippen LogP contribution is -2.67. The summed E-state index contributed by atoms with van der Waals surface area (Å²) in [7, 11) is 0.482. The number of fused-ring (bicyclic) bond motifs is 6. The number of carbonyl (C=O) groups is 2. The Balaban J connectivity index is 0.000000925. The van der Waals surface area contributed by atoms with Crippen LogP contribution in [-0.2, 0) is 25.0 Å². The molecular weight excluding hydrogens is 532 g/mol. The van der Waals surface area contributed by atoms with E-state index in [1.54, 1.807) is 4.90 Å². The Labute approximate surface area is 232 Å². The molecule has 4 fully saturated rings. The molecule has 1 saturated carbocycles. The number of amides is 1. The van der Waals surface area contributed by atoms with Gasteiger partial charge in [0.05, 0.1) is 34.8 Å². The van der Waals surface area contributed by atoms with Crippen molar-refractivity contribution in [3.63, 3.8) is 0 Å². The average molecular weight is 565 g/mol. The number of pyridine rings is 2. The molecule has 2 N–H and O–H groups in total. The van der Waals surface area contributed by atoms with Crippen molar-refractivity contribution in [3.8, 4) is 11.1 Å². The van der Waals surface area contributed by atoms with Gasteiger partial charge < -0.3 is 14.9 Å². The standard InChI is InChI=1S/C27H30N6O3S.CH2O2/c1-31-18-11-19(31)15-33(14-18)25-22(30-37(3,35)36)10-17(12-29-25)16-5-6-21-20(9-16)24-23(13-28-21)32(2)26(34)27(24)7-4-8-27;2-1-3/h5-6,9-10,12-13,18-19,30H,4,7-8,11,14-15H2,1-3H3;1H,(H,2,3). The maximum Gasteiger partial charge on any atom is 0.290 e. The molecule has 2 atom stereocenters. The van der Waals surface area contributed by atoms with Crippen molar-refractivity contribution in [1.29, 1.82) is 0 Å². The van der Waals surface area contributed by atoms with Gasteiger partial charge in [-0.05, 0) is 50.1 Å². The third-order valence-corrected chi connectivity index (χ3v) is 9.55. The van der Waals surface area contributed by atoms with Crippen LogP contribution in [-0.4, -0.2) is 86.3 Å². The fraction of sp³-hybridized carbons (Fsp3) is 0.429. The van der Waals surface area contributed by atoms with Gasteiger partial charge in [-0.3, -0.25) is 24.2 Å². The van der Waals surface area contributed by atoms with Gasteiger partial charge in [0, 0.05) is 54.9 Å². The number of rotatable bonds is 4. The molecule has 210 valence electrons. The van der Waals surface area contributed by atoms with Crippen molar-refractivity contribution in [2.24, 2.45) is 0 Å². The predicted molar refractivity (Wildman–Crippen MR) is 153 cm³/mol. The average Bonchev–Trinajstić information content (AvgIpc) is 3.14. The molecule has 6 heterocycles. The Bertz CT molecular complexity index is 1630. The number of hydrogen-bond acceptors (Lipinski definition) is 8. The number of piperidine rings is 1. The minimum atomic E-state index is -3.50. The van der Waals surface area contributed by atoms with E-state index in [-0.39, 0.29) is 12.4 Å². The summed E-state index contributed by atoms with van der Waals surface area (Å²) in [5.74, 6) is 0.824. The number of sulfonamides is 1. The number of piperazine rings is 1. The van der Waals surface area contributed by atoms with E-state index in [4.69, 9.17) is 14.9 Å². The third-order valence-electron chi connectivity index (χ3n) is 8.96. The monoisotopic (exact) mass is 564 g/mol. The number of nitrogens with one attached hydrogen (secondary N) is 1. The number of anilines is 3. The van der Waals surface area contributed by atoms with Crippen LogP contribution in [0, 0.1) is 0 Å². The molecule has 3 saturated heterocycles. The Kier molecular flexibility index (Phi) is 6.22. The van der Waals surface area contributed by atoms with Crippen LogP contribution in [0.15, 0.2) is 36.7 Å². The van der Waals surface area contributed by atoms with E-state index >= 15 is 0 Å². The number of benzene rings is 1. The minimum Gasteiger partial charge on any atom is -0.483 e. The van der Waals surface area contributed by atoms with Gasteiger partial charge in [0.15, 0.2) is 5.82 Å². The van der Waals surface area contributed by atoms with Gasteiger partial charge in [0.25, 0.3) is 6.47 Å². The quantitative estimate of drug-likeness (QED) is 0.458. The second kappa shape index (κ2) is 9.41. The molecular formula is C28H32N6O5S. The zero-order valence-electron chi connectivity index (χ0n) is 22.7. The van der Waals surface area contributed by atoms with E-state index in [9.17, 15) is 13.2 Å². The van der Waals surface area contributed by atoms with E-state index < -0.39 is 15.4 Å².